The fraction of sp³-hybridized carbons (Fsp3) is 0.158. The summed E-state index contributed by atoms with van der Waals surface area (Å²) in [7, 11) is 0. The van der Waals surface area contributed by atoms with Gasteiger partial charge in [-0.3, -0.25) is 14.4 Å². The minimum Gasteiger partial charge on any atom is -0.427 e. The molecule has 7 nitrogen and oxygen atoms in total. The average Bonchev–Trinajstić information content (AvgIpc) is 3.17. The number of halogens is 1. The lowest BCUT2D eigenvalue weighted by Crippen LogP contribution is -2.33. The van der Waals surface area contributed by atoms with Crippen molar-refractivity contribution in [3.05, 3.63) is 59.1 Å². The number of fused-ring (bicyclic) bond motifs is 1. The van der Waals surface area contributed by atoms with Gasteiger partial charge in [-0.25, -0.2) is 4.90 Å². The lowest BCUT2D eigenvalue weighted by molar-refractivity contribution is -0.132. The highest BCUT2D eigenvalue weighted by atomic mass is 35.5. The van der Waals surface area contributed by atoms with Crippen molar-refractivity contribution in [3.63, 3.8) is 0 Å². The predicted molar refractivity (Wildman–Crippen MR) is 96.6 cm³/mol. The smallest absolute Gasteiger partial charge is 0.308 e. The van der Waals surface area contributed by atoms with E-state index in [9.17, 15) is 14.4 Å². The van der Waals surface area contributed by atoms with E-state index >= 15 is 0 Å². The number of carbonyl (C=O) groups is 3. The van der Waals surface area contributed by atoms with Crippen LogP contribution in [0.15, 0.2) is 53.7 Å². The Kier molecular flexibility index (Phi) is 4.16. The summed E-state index contributed by atoms with van der Waals surface area (Å²) in [6.45, 7) is 1.29. The number of nitrogens with zero attached hydrogens (tertiary/aromatic N) is 2. The molecule has 0 N–H and O–H groups in total. The van der Waals surface area contributed by atoms with Crippen LogP contribution in [0.2, 0.25) is 5.02 Å². The van der Waals surface area contributed by atoms with E-state index < -0.39 is 29.8 Å². The Morgan fingerprint density at radius 3 is 2.37 bits per heavy atom. The summed E-state index contributed by atoms with van der Waals surface area (Å²) >= 11 is 5.90. The molecule has 2 aliphatic rings. The standard InChI is InChI=1S/C19H13ClN2O5/c1-10(23)26-14-8-6-13(7-9-14)22-18(24)15-16(21-27-17(15)19(22)25)11-2-4-12(20)5-3-11/h2-9,15,17H,1H3/t15-,17+/m1/s1. The molecule has 8 heteroatoms. The fourth-order valence-corrected chi connectivity index (χ4v) is 3.25. The van der Waals surface area contributed by atoms with Gasteiger partial charge in [0.15, 0.2) is 0 Å². The summed E-state index contributed by atoms with van der Waals surface area (Å²) in [5, 5.41) is 4.50. The highest BCUT2D eigenvalue weighted by Gasteiger charge is 2.56. The maximum absolute atomic E-state index is 12.9. The second-order valence-corrected chi connectivity index (χ2v) is 6.52. The zero-order valence-electron chi connectivity index (χ0n) is 14.1. The Hall–Kier alpha value is -3.19. The summed E-state index contributed by atoms with van der Waals surface area (Å²) in [6, 6.07) is 12.9. The molecule has 0 spiro atoms. The number of hydrogen-bond donors (Lipinski definition) is 0. The molecule has 0 aliphatic carbocycles. The van der Waals surface area contributed by atoms with Gasteiger partial charge in [0, 0.05) is 17.5 Å². The minimum absolute atomic E-state index is 0.324. The Bertz CT molecular complexity index is 969. The molecule has 0 saturated carbocycles. The van der Waals surface area contributed by atoms with Crippen LogP contribution in [0.1, 0.15) is 12.5 Å². The zero-order chi connectivity index (χ0) is 19.1. The van der Waals surface area contributed by atoms with Gasteiger partial charge < -0.3 is 9.57 Å². The molecule has 1 fully saturated rings. The highest BCUT2D eigenvalue weighted by Crippen LogP contribution is 2.35. The van der Waals surface area contributed by atoms with E-state index in [4.69, 9.17) is 21.2 Å². The van der Waals surface area contributed by atoms with Crippen LogP contribution in [-0.4, -0.2) is 29.6 Å². The predicted octanol–water partition coefficient (Wildman–Crippen LogP) is 2.56. The van der Waals surface area contributed by atoms with E-state index in [1.165, 1.54) is 31.2 Å². The third-order valence-corrected chi connectivity index (χ3v) is 4.56. The summed E-state index contributed by atoms with van der Waals surface area (Å²) in [6.07, 6.45) is -0.990. The third-order valence-electron chi connectivity index (χ3n) is 4.31. The molecule has 2 aliphatic heterocycles. The molecule has 2 atom stereocenters. The van der Waals surface area contributed by atoms with Crippen LogP contribution in [-0.2, 0) is 19.2 Å². The van der Waals surface area contributed by atoms with Gasteiger partial charge in [0.25, 0.3) is 5.91 Å². The minimum atomic E-state index is -0.990. The lowest BCUT2D eigenvalue weighted by atomic mass is 9.94. The number of esters is 1. The average molecular weight is 385 g/mol. The molecule has 0 aromatic heterocycles. The van der Waals surface area contributed by atoms with Gasteiger partial charge in [-0.15, -0.1) is 0 Å². The van der Waals surface area contributed by atoms with Crippen LogP contribution < -0.4 is 9.64 Å². The van der Waals surface area contributed by atoms with Crippen molar-refractivity contribution in [2.24, 2.45) is 11.1 Å². The van der Waals surface area contributed by atoms with E-state index in [1.54, 1.807) is 24.3 Å². The van der Waals surface area contributed by atoms with Gasteiger partial charge >= 0.3 is 5.97 Å². The molecular formula is C19H13ClN2O5. The number of carbonyl (C=O) groups excluding carboxylic acids is 3. The number of benzene rings is 2. The molecule has 2 amide bonds. The number of oxime groups is 1. The lowest BCUT2D eigenvalue weighted by Gasteiger charge is -2.15. The Morgan fingerprint density at radius 2 is 1.74 bits per heavy atom. The normalized spacial score (nSPS) is 21.0. The summed E-state index contributed by atoms with van der Waals surface area (Å²) in [4.78, 5) is 43.0. The maximum atomic E-state index is 12.9. The molecular weight excluding hydrogens is 372 g/mol. The largest absolute Gasteiger partial charge is 0.427 e. The van der Waals surface area contributed by atoms with Crippen molar-refractivity contribution in [3.8, 4) is 5.75 Å². The number of hydrogen-bond acceptors (Lipinski definition) is 6. The van der Waals surface area contributed by atoms with Gasteiger partial charge in [-0.1, -0.05) is 28.9 Å². The van der Waals surface area contributed by atoms with Gasteiger partial charge in [0.05, 0.1) is 5.69 Å². The van der Waals surface area contributed by atoms with Crippen LogP contribution in [0.4, 0.5) is 5.69 Å². The van der Waals surface area contributed by atoms with Crippen molar-refractivity contribution >= 4 is 40.8 Å². The molecule has 0 radical (unpaired) electrons. The number of imide groups is 1. The molecule has 2 heterocycles. The SMILES string of the molecule is CC(=O)Oc1ccc(N2C(=O)[C@@H]3C(c4ccc(Cl)cc4)=NO[C@@H]3C2=O)cc1. The van der Waals surface area contributed by atoms with Crippen molar-refractivity contribution in [1.82, 2.24) is 0 Å². The van der Waals surface area contributed by atoms with Gasteiger partial charge in [-0.2, -0.15) is 0 Å². The number of amides is 2. The maximum Gasteiger partial charge on any atom is 0.308 e. The van der Waals surface area contributed by atoms with Crippen LogP contribution in [0.5, 0.6) is 5.75 Å². The van der Waals surface area contributed by atoms with E-state index in [1.807, 2.05) is 0 Å². The van der Waals surface area contributed by atoms with Crippen LogP contribution in [0.3, 0.4) is 0 Å². The molecule has 136 valence electrons. The fourth-order valence-electron chi connectivity index (χ4n) is 3.12. The Morgan fingerprint density at radius 1 is 1.07 bits per heavy atom. The molecule has 1 saturated heterocycles. The molecule has 2 aromatic carbocycles. The van der Waals surface area contributed by atoms with E-state index in [0.29, 0.717) is 27.7 Å². The second kappa shape index (κ2) is 6.51. The summed E-state index contributed by atoms with van der Waals surface area (Å²) in [5.41, 5.74) is 1.43. The second-order valence-electron chi connectivity index (χ2n) is 6.09. The van der Waals surface area contributed by atoms with Crippen molar-refractivity contribution < 1.29 is 24.0 Å². The highest BCUT2D eigenvalue weighted by molar-refractivity contribution is 6.33. The first-order valence-corrected chi connectivity index (χ1v) is 8.49. The summed E-state index contributed by atoms with van der Waals surface area (Å²) in [5.74, 6) is -1.85. The van der Waals surface area contributed by atoms with E-state index in [0.717, 1.165) is 4.90 Å². The zero-order valence-corrected chi connectivity index (χ0v) is 14.8. The Labute approximate surface area is 159 Å². The first kappa shape index (κ1) is 17.2. The number of anilines is 1. The topological polar surface area (TPSA) is 85.3 Å². The van der Waals surface area contributed by atoms with Gasteiger partial charge in [-0.05, 0) is 36.4 Å². The number of ether oxygens (including phenoxy) is 1. The monoisotopic (exact) mass is 384 g/mol. The molecule has 0 bridgehead atoms. The van der Waals surface area contributed by atoms with Gasteiger partial charge in [0.2, 0.25) is 12.0 Å². The third kappa shape index (κ3) is 2.96. The quantitative estimate of drug-likeness (QED) is 0.461. The van der Waals surface area contributed by atoms with Crippen LogP contribution >= 0.6 is 11.6 Å². The summed E-state index contributed by atoms with van der Waals surface area (Å²) < 4.78 is 4.96. The molecule has 4 rings (SSSR count). The molecule has 0 unspecified atom stereocenters. The van der Waals surface area contributed by atoms with E-state index in [-0.39, 0.29) is 0 Å². The van der Waals surface area contributed by atoms with E-state index in [2.05, 4.69) is 5.16 Å². The first-order chi connectivity index (χ1) is 13.0. The van der Waals surface area contributed by atoms with Crippen molar-refractivity contribution in [1.29, 1.82) is 0 Å². The molecule has 27 heavy (non-hydrogen) atoms. The number of rotatable bonds is 3. The van der Waals surface area contributed by atoms with Gasteiger partial charge in [0.1, 0.15) is 17.4 Å². The van der Waals surface area contributed by atoms with Crippen molar-refractivity contribution in [2.45, 2.75) is 13.0 Å². The first-order valence-electron chi connectivity index (χ1n) is 8.11. The van der Waals surface area contributed by atoms with Crippen LogP contribution in [0.25, 0.3) is 0 Å². The van der Waals surface area contributed by atoms with Crippen molar-refractivity contribution in [2.75, 3.05) is 4.90 Å². The van der Waals surface area contributed by atoms with Crippen LogP contribution in [0, 0.1) is 5.92 Å². The molecule has 2 aromatic rings. The Balaban J connectivity index is 1.62.